The molecule has 1 N–H and O–H groups in total. The van der Waals surface area contributed by atoms with Crippen molar-refractivity contribution in [3.8, 4) is 0 Å². The van der Waals surface area contributed by atoms with Gasteiger partial charge in [-0.25, -0.2) is 0 Å². The van der Waals surface area contributed by atoms with Crippen molar-refractivity contribution in [3.05, 3.63) is 29.5 Å². The molecule has 2 rings (SSSR count). The molecule has 0 radical (unpaired) electrons. The molecular weight excluding hydrogens is 188 g/mol. The number of aliphatic hydroxyl groups is 1. The summed E-state index contributed by atoms with van der Waals surface area (Å²) in [5.74, 6) is 0. The van der Waals surface area contributed by atoms with Gasteiger partial charge in [0.25, 0.3) is 0 Å². The van der Waals surface area contributed by atoms with Gasteiger partial charge in [0.2, 0.25) is 0 Å². The summed E-state index contributed by atoms with van der Waals surface area (Å²) in [7, 11) is 1.93. The average Bonchev–Trinajstić information content (AvgIpc) is 2.41. The molecule has 0 aliphatic heterocycles. The molecule has 1 aromatic heterocycles. The van der Waals surface area contributed by atoms with Crippen LogP contribution in [0.5, 0.6) is 0 Å². The Bertz CT molecular complexity index is 506. The van der Waals surface area contributed by atoms with E-state index in [0.717, 1.165) is 22.2 Å². The van der Waals surface area contributed by atoms with Gasteiger partial charge < -0.3 is 5.11 Å². The van der Waals surface area contributed by atoms with Crippen molar-refractivity contribution in [1.29, 1.82) is 0 Å². The van der Waals surface area contributed by atoms with Crippen molar-refractivity contribution in [2.24, 2.45) is 7.05 Å². The fourth-order valence-electron chi connectivity index (χ4n) is 1.82. The van der Waals surface area contributed by atoms with Gasteiger partial charge in [-0.1, -0.05) is 6.07 Å². The zero-order chi connectivity index (χ0) is 11.2. The first-order chi connectivity index (χ1) is 6.89. The fraction of sp³-hybridized carbons (Fsp3) is 0.417. The number of rotatable bonds is 1. The van der Waals surface area contributed by atoms with Gasteiger partial charge in [0, 0.05) is 12.4 Å². The Labute approximate surface area is 89.3 Å². The molecular formula is C12H16N2O. The maximum Gasteiger partial charge on any atom is 0.0840 e. The standard InChI is InChI=1S/C12H16N2O/c1-8-10-7-9(12(2,3)15)5-6-11(10)14(4)13-8/h5-7,15H,1-4H3. The lowest BCUT2D eigenvalue weighted by atomic mass is 9.97. The van der Waals surface area contributed by atoms with Crippen molar-refractivity contribution in [3.63, 3.8) is 0 Å². The lowest BCUT2D eigenvalue weighted by Crippen LogP contribution is -2.15. The van der Waals surface area contributed by atoms with Crippen molar-refractivity contribution in [2.45, 2.75) is 26.4 Å². The quantitative estimate of drug-likeness (QED) is 0.772. The Hall–Kier alpha value is -1.35. The number of hydrogen-bond acceptors (Lipinski definition) is 2. The van der Waals surface area contributed by atoms with E-state index in [1.54, 1.807) is 13.8 Å². The molecule has 1 heterocycles. The summed E-state index contributed by atoms with van der Waals surface area (Å²) in [4.78, 5) is 0. The number of aromatic nitrogens is 2. The van der Waals surface area contributed by atoms with Gasteiger partial charge in [-0.05, 0) is 38.5 Å². The maximum atomic E-state index is 9.92. The molecule has 0 unspecified atom stereocenters. The van der Waals surface area contributed by atoms with Crippen LogP contribution in [-0.2, 0) is 12.6 Å². The van der Waals surface area contributed by atoms with Crippen molar-refractivity contribution >= 4 is 10.9 Å². The van der Waals surface area contributed by atoms with Crippen LogP contribution >= 0.6 is 0 Å². The van der Waals surface area contributed by atoms with Crippen LogP contribution in [-0.4, -0.2) is 14.9 Å². The van der Waals surface area contributed by atoms with Crippen LogP contribution in [0.15, 0.2) is 18.2 Å². The Balaban J connectivity index is 2.71. The number of benzene rings is 1. The fourth-order valence-corrected chi connectivity index (χ4v) is 1.82. The predicted octanol–water partition coefficient (Wildman–Crippen LogP) is 2.11. The third-order valence-electron chi connectivity index (χ3n) is 2.74. The Morgan fingerprint density at radius 2 is 2.00 bits per heavy atom. The third-order valence-corrected chi connectivity index (χ3v) is 2.74. The predicted molar refractivity (Wildman–Crippen MR) is 60.7 cm³/mol. The molecule has 1 aromatic carbocycles. The zero-order valence-corrected chi connectivity index (χ0v) is 9.57. The first-order valence-corrected chi connectivity index (χ1v) is 5.06. The summed E-state index contributed by atoms with van der Waals surface area (Å²) in [6, 6.07) is 5.96. The zero-order valence-electron chi connectivity index (χ0n) is 9.57. The Kier molecular flexibility index (Phi) is 2.08. The van der Waals surface area contributed by atoms with Gasteiger partial charge in [-0.3, -0.25) is 4.68 Å². The Morgan fingerprint density at radius 3 is 2.60 bits per heavy atom. The molecule has 2 aromatic rings. The summed E-state index contributed by atoms with van der Waals surface area (Å²) in [6.07, 6.45) is 0. The molecule has 0 saturated carbocycles. The smallest absolute Gasteiger partial charge is 0.0840 e. The summed E-state index contributed by atoms with van der Waals surface area (Å²) in [5, 5.41) is 15.4. The van der Waals surface area contributed by atoms with Crippen molar-refractivity contribution in [2.75, 3.05) is 0 Å². The van der Waals surface area contributed by atoms with Crippen LogP contribution in [0.2, 0.25) is 0 Å². The minimum atomic E-state index is -0.795. The monoisotopic (exact) mass is 204 g/mol. The van der Waals surface area contributed by atoms with Crippen LogP contribution < -0.4 is 0 Å². The molecule has 0 atom stereocenters. The average molecular weight is 204 g/mol. The number of fused-ring (bicyclic) bond motifs is 1. The van der Waals surface area contributed by atoms with Gasteiger partial charge in [-0.15, -0.1) is 0 Å². The van der Waals surface area contributed by atoms with Gasteiger partial charge in [-0.2, -0.15) is 5.10 Å². The third kappa shape index (κ3) is 1.63. The lowest BCUT2D eigenvalue weighted by molar-refractivity contribution is 0.0787. The highest BCUT2D eigenvalue weighted by Crippen LogP contribution is 2.25. The number of nitrogens with zero attached hydrogens (tertiary/aromatic N) is 2. The highest BCUT2D eigenvalue weighted by molar-refractivity contribution is 5.82. The Morgan fingerprint density at radius 1 is 1.33 bits per heavy atom. The summed E-state index contributed by atoms with van der Waals surface area (Å²) in [6.45, 7) is 5.57. The van der Waals surface area contributed by atoms with Crippen LogP contribution in [0.25, 0.3) is 10.9 Å². The van der Waals surface area contributed by atoms with Crippen molar-refractivity contribution < 1.29 is 5.11 Å². The second-order valence-corrected chi connectivity index (χ2v) is 4.50. The molecule has 0 fully saturated rings. The van der Waals surface area contributed by atoms with Crippen LogP contribution in [0.3, 0.4) is 0 Å². The highest BCUT2D eigenvalue weighted by Gasteiger charge is 2.17. The maximum absolute atomic E-state index is 9.92. The van der Waals surface area contributed by atoms with E-state index in [4.69, 9.17) is 0 Å². The normalized spacial score (nSPS) is 12.3. The number of aryl methyl sites for hydroxylation is 2. The van der Waals surface area contributed by atoms with E-state index in [1.165, 1.54) is 0 Å². The van der Waals surface area contributed by atoms with E-state index in [2.05, 4.69) is 5.10 Å². The van der Waals surface area contributed by atoms with Gasteiger partial charge in [0.05, 0.1) is 16.8 Å². The topological polar surface area (TPSA) is 38.0 Å². The van der Waals surface area contributed by atoms with Crippen LogP contribution in [0.4, 0.5) is 0 Å². The summed E-state index contributed by atoms with van der Waals surface area (Å²) >= 11 is 0. The van der Waals surface area contributed by atoms with E-state index < -0.39 is 5.60 Å². The molecule has 0 spiro atoms. The van der Waals surface area contributed by atoms with E-state index in [1.807, 2.05) is 36.9 Å². The first kappa shape index (κ1) is 10.2. The molecule has 80 valence electrons. The molecule has 0 saturated heterocycles. The molecule has 0 aliphatic carbocycles. The summed E-state index contributed by atoms with van der Waals surface area (Å²) in [5.41, 5.74) is 2.22. The summed E-state index contributed by atoms with van der Waals surface area (Å²) < 4.78 is 1.86. The van der Waals surface area contributed by atoms with Gasteiger partial charge in [0.1, 0.15) is 0 Å². The van der Waals surface area contributed by atoms with Gasteiger partial charge in [0.15, 0.2) is 0 Å². The van der Waals surface area contributed by atoms with Crippen LogP contribution in [0, 0.1) is 6.92 Å². The molecule has 0 bridgehead atoms. The highest BCUT2D eigenvalue weighted by atomic mass is 16.3. The SMILES string of the molecule is Cc1nn(C)c2ccc(C(C)(C)O)cc12. The molecule has 3 heteroatoms. The van der Waals surface area contributed by atoms with Crippen molar-refractivity contribution in [1.82, 2.24) is 9.78 Å². The van der Waals surface area contributed by atoms with Crippen LogP contribution in [0.1, 0.15) is 25.1 Å². The minimum Gasteiger partial charge on any atom is -0.386 e. The first-order valence-electron chi connectivity index (χ1n) is 5.06. The van der Waals surface area contributed by atoms with Gasteiger partial charge >= 0.3 is 0 Å². The second kappa shape index (κ2) is 3.07. The molecule has 3 nitrogen and oxygen atoms in total. The van der Waals surface area contributed by atoms with E-state index in [9.17, 15) is 5.11 Å². The molecule has 0 aliphatic rings. The number of hydrogen-bond donors (Lipinski definition) is 1. The molecule has 0 amide bonds. The second-order valence-electron chi connectivity index (χ2n) is 4.50. The van der Waals surface area contributed by atoms with E-state index in [-0.39, 0.29) is 0 Å². The minimum absolute atomic E-state index is 0.795. The van der Waals surface area contributed by atoms with E-state index >= 15 is 0 Å². The molecule has 15 heavy (non-hydrogen) atoms. The largest absolute Gasteiger partial charge is 0.386 e. The van der Waals surface area contributed by atoms with E-state index in [0.29, 0.717) is 0 Å². The lowest BCUT2D eigenvalue weighted by Gasteiger charge is -2.17.